The average molecular weight is 364 g/mol. The van der Waals surface area contributed by atoms with Gasteiger partial charge in [0.05, 0.1) is 6.61 Å². The van der Waals surface area contributed by atoms with E-state index in [1.807, 2.05) is 0 Å². The number of thioether (sulfide) groups is 1. The number of ether oxygens (including phenoxy) is 1. The van der Waals surface area contributed by atoms with Crippen LogP contribution in [0.25, 0.3) is 0 Å². The van der Waals surface area contributed by atoms with E-state index in [0.717, 1.165) is 36.0 Å². The minimum atomic E-state index is -0.322. The van der Waals surface area contributed by atoms with Gasteiger partial charge in [0.15, 0.2) is 5.16 Å². The molecular formula is C17H21FN4O2S. The monoisotopic (exact) mass is 364 g/mol. The molecule has 0 spiro atoms. The van der Waals surface area contributed by atoms with Gasteiger partial charge in [-0.1, -0.05) is 11.8 Å². The van der Waals surface area contributed by atoms with Gasteiger partial charge in [-0.25, -0.2) is 4.39 Å². The lowest BCUT2D eigenvalue weighted by Crippen LogP contribution is -2.13. The number of nitrogens with two attached hydrogens (primary N) is 1. The van der Waals surface area contributed by atoms with Gasteiger partial charge in [-0.15, -0.1) is 10.2 Å². The summed E-state index contributed by atoms with van der Waals surface area (Å²) >= 11 is 1.64. The molecule has 1 saturated carbocycles. The first-order chi connectivity index (χ1) is 12.1. The first-order valence-electron chi connectivity index (χ1n) is 8.36. The third-order valence-electron chi connectivity index (χ3n) is 3.84. The van der Waals surface area contributed by atoms with Crippen molar-refractivity contribution in [2.75, 3.05) is 12.4 Å². The fourth-order valence-electron chi connectivity index (χ4n) is 2.45. The van der Waals surface area contributed by atoms with Crippen molar-refractivity contribution in [1.82, 2.24) is 14.8 Å². The van der Waals surface area contributed by atoms with Crippen molar-refractivity contribution in [3.63, 3.8) is 0 Å². The maximum atomic E-state index is 12.8. The minimum absolute atomic E-state index is 0.269. The number of halogens is 1. The zero-order valence-electron chi connectivity index (χ0n) is 13.9. The highest BCUT2D eigenvalue weighted by atomic mass is 32.2. The third kappa shape index (κ3) is 5.19. The largest absolute Gasteiger partial charge is 0.494 e. The van der Waals surface area contributed by atoms with E-state index in [1.165, 1.54) is 12.1 Å². The van der Waals surface area contributed by atoms with Crippen molar-refractivity contribution in [3.05, 3.63) is 35.9 Å². The fourth-order valence-corrected chi connectivity index (χ4v) is 3.39. The second-order valence-corrected chi connectivity index (χ2v) is 7.03. The van der Waals surface area contributed by atoms with Crippen LogP contribution < -0.4 is 10.5 Å². The molecular weight excluding hydrogens is 343 g/mol. The van der Waals surface area contributed by atoms with Gasteiger partial charge in [0, 0.05) is 24.6 Å². The van der Waals surface area contributed by atoms with E-state index in [4.69, 9.17) is 10.5 Å². The summed E-state index contributed by atoms with van der Waals surface area (Å²) in [6.07, 6.45) is 3.93. The van der Waals surface area contributed by atoms with Gasteiger partial charge in [-0.3, -0.25) is 4.79 Å². The molecule has 0 saturated heterocycles. The highest BCUT2D eigenvalue weighted by Crippen LogP contribution is 2.39. The number of hydrogen-bond donors (Lipinski definition) is 1. The number of rotatable bonds is 10. The number of aromatic nitrogens is 3. The van der Waals surface area contributed by atoms with Crippen molar-refractivity contribution in [2.24, 2.45) is 5.73 Å². The van der Waals surface area contributed by atoms with Gasteiger partial charge in [0.2, 0.25) is 5.91 Å². The Morgan fingerprint density at radius 2 is 2.08 bits per heavy atom. The van der Waals surface area contributed by atoms with Gasteiger partial charge in [0.25, 0.3) is 0 Å². The maximum Gasteiger partial charge on any atom is 0.217 e. The molecule has 0 radical (unpaired) electrons. The summed E-state index contributed by atoms with van der Waals surface area (Å²) in [6.45, 7) is 0.560. The Labute approximate surface area is 149 Å². The summed E-state index contributed by atoms with van der Waals surface area (Å²) in [5.41, 5.74) is 5.22. The number of carbonyl (C=O) groups excluding carboxylic acids is 1. The number of carbonyl (C=O) groups is 1. The molecule has 0 atom stereocenters. The van der Waals surface area contributed by atoms with Crippen LogP contribution in [0.1, 0.15) is 37.5 Å². The summed E-state index contributed by atoms with van der Waals surface area (Å²) in [6, 6.07) is 6.47. The van der Waals surface area contributed by atoms with Crippen molar-refractivity contribution < 1.29 is 13.9 Å². The smallest absolute Gasteiger partial charge is 0.217 e. The lowest BCUT2D eigenvalue weighted by molar-refractivity contribution is -0.118. The van der Waals surface area contributed by atoms with Gasteiger partial charge in [-0.05, 0) is 43.5 Å². The second-order valence-electron chi connectivity index (χ2n) is 5.97. The molecule has 6 nitrogen and oxygen atoms in total. The zero-order chi connectivity index (χ0) is 17.6. The Balaban J connectivity index is 1.46. The van der Waals surface area contributed by atoms with E-state index in [2.05, 4.69) is 14.8 Å². The van der Waals surface area contributed by atoms with Crippen LogP contribution in [0.2, 0.25) is 0 Å². The number of amides is 1. The highest BCUT2D eigenvalue weighted by molar-refractivity contribution is 7.99. The van der Waals surface area contributed by atoms with E-state index < -0.39 is 0 Å². The second kappa shape index (κ2) is 8.33. The Morgan fingerprint density at radius 3 is 2.76 bits per heavy atom. The number of primary amides is 1. The van der Waals surface area contributed by atoms with Crippen LogP contribution in [-0.2, 0) is 11.2 Å². The van der Waals surface area contributed by atoms with Crippen LogP contribution in [0, 0.1) is 5.82 Å². The number of hydrogen-bond acceptors (Lipinski definition) is 5. The van der Waals surface area contributed by atoms with Crippen LogP contribution in [0.5, 0.6) is 5.75 Å². The molecule has 1 aliphatic rings. The topological polar surface area (TPSA) is 83.0 Å². The van der Waals surface area contributed by atoms with E-state index in [9.17, 15) is 9.18 Å². The Hall–Kier alpha value is -2.09. The molecule has 1 fully saturated rings. The van der Waals surface area contributed by atoms with E-state index in [0.29, 0.717) is 31.2 Å². The number of nitrogens with zero attached hydrogens (tertiary/aromatic N) is 3. The molecule has 3 rings (SSSR count). The first kappa shape index (κ1) is 17.7. The number of aryl methyl sites for hydroxylation is 1. The van der Waals surface area contributed by atoms with Crippen molar-refractivity contribution in [3.8, 4) is 5.75 Å². The molecule has 1 heterocycles. The van der Waals surface area contributed by atoms with E-state index in [-0.39, 0.29) is 11.7 Å². The minimum Gasteiger partial charge on any atom is -0.494 e. The normalized spacial score (nSPS) is 13.8. The molecule has 0 bridgehead atoms. The average Bonchev–Trinajstić information content (AvgIpc) is 3.35. The van der Waals surface area contributed by atoms with Gasteiger partial charge < -0.3 is 15.0 Å². The summed E-state index contributed by atoms with van der Waals surface area (Å²) in [4.78, 5) is 11.0. The standard InChI is InChI=1S/C17H21FN4O2S/c18-12-2-6-14(7-3-12)24-10-1-11-25-17-21-20-16(9-8-15(19)23)22(17)13-4-5-13/h2-3,6-7,13H,1,4-5,8-11H2,(H2,19,23). The molecule has 1 aromatic carbocycles. The zero-order valence-corrected chi connectivity index (χ0v) is 14.7. The van der Waals surface area contributed by atoms with Crippen LogP contribution in [-0.4, -0.2) is 33.0 Å². The van der Waals surface area contributed by atoms with Crippen LogP contribution >= 0.6 is 11.8 Å². The third-order valence-corrected chi connectivity index (χ3v) is 4.87. The lowest BCUT2D eigenvalue weighted by atomic mass is 10.3. The van der Waals surface area contributed by atoms with E-state index >= 15 is 0 Å². The SMILES string of the molecule is NC(=O)CCc1nnc(SCCCOc2ccc(F)cc2)n1C1CC1. The summed E-state index contributed by atoms with van der Waals surface area (Å²) in [5, 5.41) is 9.38. The number of benzene rings is 1. The van der Waals surface area contributed by atoms with Crippen molar-refractivity contribution in [2.45, 2.75) is 43.3 Å². The quantitative estimate of drug-likeness (QED) is 0.518. The molecule has 1 aromatic heterocycles. The molecule has 134 valence electrons. The highest BCUT2D eigenvalue weighted by Gasteiger charge is 2.29. The van der Waals surface area contributed by atoms with Gasteiger partial charge in [-0.2, -0.15) is 0 Å². The first-order valence-corrected chi connectivity index (χ1v) is 9.35. The maximum absolute atomic E-state index is 12.8. The van der Waals surface area contributed by atoms with Gasteiger partial charge >= 0.3 is 0 Å². The molecule has 1 aliphatic carbocycles. The molecule has 1 amide bonds. The van der Waals surface area contributed by atoms with Crippen LogP contribution in [0.3, 0.4) is 0 Å². The Kier molecular flexibility index (Phi) is 5.91. The van der Waals surface area contributed by atoms with Gasteiger partial charge in [0.1, 0.15) is 17.4 Å². The fraction of sp³-hybridized carbons (Fsp3) is 0.471. The molecule has 2 aromatic rings. The molecule has 25 heavy (non-hydrogen) atoms. The lowest BCUT2D eigenvalue weighted by Gasteiger charge is -2.09. The molecule has 8 heteroatoms. The summed E-state index contributed by atoms with van der Waals surface area (Å²) in [5.74, 6) is 1.77. The predicted molar refractivity (Wildman–Crippen MR) is 93.0 cm³/mol. The molecule has 0 aliphatic heterocycles. The van der Waals surface area contributed by atoms with Crippen molar-refractivity contribution in [1.29, 1.82) is 0 Å². The summed E-state index contributed by atoms with van der Waals surface area (Å²) in [7, 11) is 0. The van der Waals surface area contributed by atoms with Crippen LogP contribution in [0.4, 0.5) is 4.39 Å². The van der Waals surface area contributed by atoms with Crippen molar-refractivity contribution >= 4 is 17.7 Å². The predicted octanol–water partition coefficient (Wildman–Crippen LogP) is 2.73. The van der Waals surface area contributed by atoms with Crippen LogP contribution in [0.15, 0.2) is 29.4 Å². The Morgan fingerprint density at radius 1 is 1.32 bits per heavy atom. The molecule has 2 N–H and O–H groups in total. The van der Waals surface area contributed by atoms with E-state index in [1.54, 1.807) is 23.9 Å². The molecule has 0 unspecified atom stereocenters. The Bertz CT molecular complexity index is 716. The summed E-state index contributed by atoms with van der Waals surface area (Å²) < 4.78 is 20.6.